The van der Waals surface area contributed by atoms with Crippen molar-refractivity contribution in [3.63, 3.8) is 0 Å². The summed E-state index contributed by atoms with van der Waals surface area (Å²) in [6, 6.07) is 0.254. The zero-order chi connectivity index (χ0) is 11.4. The van der Waals surface area contributed by atoms with Crippen LogP contribution in [0.5, 0.6) is 0 Å². The molecule has 3 nitrogen and oxygen atoms in total. The molecule has 1 aromatic rings. The maximum Gasteiger partial charge on any atom is 0.0897 e. The molecule has 2 rings (SSSR count). The van der Waals surface area contributed by atoms with Crippen LogP contribution in [0.25, 0.3) is 0 Å². The molecule has 0 saturated heterocycles. The van der Waals surface area contributed by atoms with Crippen LogP contribution in [-0.2, 0) is 6.54 Å². The highest BCUT2D eigenvalue weighted by molar-refractivity contribution is 7.09. The standard InChI is InChI=1S/C12H20N2OS/c1-9-14-10(8-16-9)7-13-11-5-3-2-4-6-12(11)15/h8,11-13,15H,2-7H2,1H3. The third kappa shape index (κ3) is 3.27. The van der Waals surface area contributed by atoms with E-state index in [-0.39, 0.29) is 12.1 Å². The number of aryl methyl sites for hydroxylation is 1. The van der Waals surface area contributed by atoms with Crippen molar-refractivity contribution < 1.29 is 5.11 Å². The van der Waals surface area contributed by atoms with E-state index in [1.165, 1.54) is 12.8 Å². The van der Waals surface area contributed by atoms with Gasteiger partial charge < -0.3 is 10.4 Å². The zero-order valence-corrected chi connectivity index (χ0v) is 10.6. The molecule has 2 N–H and O–H groups in total. The van der Waals surface area contributed by atoms with Crippen LogP contribution in [0.15, 0.2) is 5.38 Å². The summed E-state index contributed by atoms with van der Waals surface area (Å²) in [7, 11) is 0. The summed E-state index contributed by atoms with van der Waals surface area (Å²) in [5.41, 5.74) is 1.10. The molecule has 0 aliphatic heterocycles. The lowest BCUT2D eigenvalue weighted by atomic mass is 10.1. The first kappa shape index (κ1) is 12.0. The van der Waals surface area contributed by atoms with Gasteiger partial charge >= 0.3 is 0 Å². The molecule has 1 fully saturated rings. The molecule has 1 aromatic heterocycles. The van der Waals surface area contributed by atoms with Gasteiger partial charge in [0.15, 0.2) is 0 Å². The van der Waals surface area contributed by atoms with E-state index in [9.17, 15) is 5.11 Å². The molecule has 2 atom stereocenters. The van der Waals surface area contributed by atoms with Gasteiger partial charge in [-0.25, -0.2) is 4.98 Å². The largest absolute Gasteiger partial charge is 0.392 e. The minimum absolute atomic E-state index is 0.178. The molecule has 1 heterocycles. The average molecular weight is 240 g/mol. The van der Waals surface area contributed by atoms with E-state index in [2.05, 4.69) is 15.7 Å². The summed E-state index contributed by atoms with van der Waals surface area (Å²) in [6.45, 7) is 2.81. The predicted octanol–water partition coefficient (Wildman–Crippen LogP) is 2.23. The third-order valence-electron chi connectivity index (χ3n) is 3.19. The Morgan fingerprint density at radius 3 is 3.00 bits per heavy atom. The monoisotopic (exact) mass is 240 g/mol. The summed E-state index contributed by atoms with van der Waals surface area (Å²) in [5.74, 6) is 0. The summed E-state index contributed by atoms with van der Waals surface area (Å²) in [5, 5.41) is 16.6. The fraction of sp³-hybridized carbons (Fsp3) is 0.750. The lowest BCUT2D eigenvalue weighted by Crippen LogP contribution is -2.38. The van der Waals surface area contributed by atoms with Gasteiger partial charge in [-0.2, -0.15) is 0 Å². The predicted molar refractivity (Wildman–Crippen MR) is 66.6 cm³/mol. The molecule has 2 unspecified atom stereocenters. The summed E-state index contributed by atoms with van der Waals surface area (Å²) >= 11 is 1.68. The van der Waals surface area contributed by atoms with E-state index in [0.29, 0.717) is 0 Å². The highest BCUT2D eigenvalue weighted by Gasteiger charge is 2.20. The van der Waals surface area contributed by atoms with E-state index in [4.69, 9.17) is 0 Å². The molecule has 0 radical (unpaired) electrons. The van der Waals surface area contributed by atoms with Crippen molar-refractivity contribution in [2.75, 3.05) is 0 Å². The Balaban J connectivity index is 1.83. The Morgan fingerprint density at radius 1 is 1.44 bits per heavy atom. The molecular weight excluding hydrogens is 220 g/mol. The second-order valence-corrected chi connectivity index (χ2v) is 5.61. The van der Waals surface area contributed by atoms with Crippen LogP contribution in [-0.4, -0.2) is 22.2 Å². The van der Waals surface area contributed by atoms with Crippen molar-refractivity contribution in [1.29, 1.82) is 0 Å². The number of aromatic nitrogens is 1. The van der Waals surface area contributed by atoms with Crippen LogP contribution in [0.2, 0.25) is 0 Å². The summed E-state index contributed by atoms with van der Waals surface area (Å²) < 4.78 is 0. The fourth-order valence-electron chi connectivity index (χ4n) is 2.25. The van der Waals surface area contributed by atoms with E-state index in [0.717, 1.165) is 36.5 Å². The van der Waals surface area contributed by atoms with Gasteiger partial charge in [0.1, 0.15) is 0 Å². The maximum atomic E-state index is 9.95. The van der Waals surface area contributed by atoms with E-state index < -0.39 is 0 Å². The Kier molecular flexibility index (Phi) is 4.32. The fourth-order valence-corrected chi connectivity index (χ4v) is 2.86. The van der Waals surface area contributed by atoms with Crippen molar-refractivity contribution >= 4 is 11.3 Å². The molecule has 0 aromatic carbocycles. The Morgan fingerprint density at radius 2 is 2.25 bits per heavy atom. The van der Waals surface area contributed by atoms with Gasteiger partial charge in [-0.3, -0.25) is 0 Å². The number of hydrogen-bond acceptors (Lipinski definition) is 4. The number of rotatable bonds is 3. The first-order chi connectivity index (χ1) is 7.75. The zero-order valence-electron chi connectivity index (χ0n) is 9.78. The Bertz CT molecular complexity index is 327. The summed E-state index contributed by atoms with van der Waals surface area (Å²) in [4.78, 5) is 4.42. The van der Waals surface area contributed by atoms with E-state index >= 15 is 0 Å². The second-order valence-electron chi connectivity index (χ2n) is 4.55. The topological polar surface area (TPSA) is 45.2 Å². The van der Waals surface area contributed by atoms with E-state index in [1.54, 1.807) is 11.3 Å². The van der Waals surface area contributed by atoms with Crippen LogP contribution in [0.4, 0.5) is 0 Å². The number of aliphatic hydroxyl groups is 1. The van der Waals surface area contributed by atoms with Crippen molar-refractivity contribution in [3.05, 3.63) is 16.1 Å². The van der Waals surface area contributed by atoms with Gasteiger partial charge in [0.25, 0.3) is 0 Å². The minimum Gasteiger partial charge on any atom is -0.392 e. The van der Waals surface area contributed by atoms with Gasteiger partial charge in [-0.1, -0.05) is 19.3 Å². The number of nitrogens with one attached hydrogen (secondary N) is 1. The quantitative estimate of drug-likeness (QED) is 0.796. The van der Waals surface area contributed by atoms with Crippen molar-refractivity contribution in [3.8, 4) is 0 Å². The molecule has 1 saturated carbocycles. The lowest BCUT2D eigenvalue weighted by Gasteiger charge is -2.21. The molecule has 0 spiro atoms. The van der Waals surface area contributed by atoms with Crippen LogP contribution >= 0.6 is 11.3 Å². The second kappa shape index (κ2) is 5.75. The lowest BCUT2D eigenvalue weighted by molar-refractivity contribution is 0.119. The Hall–Kier alpha value is -0.450. The van der Waals surface area contributed by atoms with Crippen molar-refractivity contribution in [1.82, 2.24) is 10.3 Å². The van der Waals surface area contributed by atoms with Crippen LogP contribution in [0, 0.1) is 6.92 Å². The average Bonchev–Trinajstić information content (AvgIpc) is 2.56. The molecule has 0 amide bonds. The minimum atomic E-state index is -0.178. The van der Waals surface area contributed by atoms with E-state index in [1.807, 2.05) is 6.92 Å². The van der Waals surface area contributed by atoms with Gasteiger partial charge in [0.2, 0.25) is 0 Å². The van der Waals surface area contributed by atoms with Crippen molar-refractivity contribution in [2.45, 2.75) is 57.7 Å². The smallest absolute Gasteiger partial charge is 0.0897 e. The van der Waals surface area contributed by atoms with Gasteiger partial charge in [0.05, 0.1) is 16.8 Å². The third-order valence-corrected chi connectivity index (χ3v) is 4.01. The van der Waals surface area contributed by atoms with Crippen LogP contribution < -0.4 is 5.32 Å². The molecular formula is C12H20N2OS. The molecule has 1 aliphatic rings. The highest BCUT2D eigenvalue weighted by atomic mass is 32.1. The number of hydrogen-bond donors (Lipinski definition) is 2. The number of aliphatic hydroxyl groups excluding tert-OH is 1. The molecule has 0 bridgehead atoms. The maximum absolute atomic E-state index is 9.95. The molecule has 4 heteroatoms. The molecule has 16 heavy (non-hydrogen) atoms. The normalized spacial score (nSPS) is 26.6. The molecule has 1 aliphatic carbocycles. The van der Waals surface area contributed by atoms with Gasteiger partial charge in [-0.15, -0.1) is 11.3 Å². The van der Waals surface area contributed by atoms with Gasteiger partial charge in [0, 0.05) is 18.0 Å². The highest BCUT2D eigenvalue weighted by Crippen LogP contribution is 2.18. The molecule has 90 valence electrons. The number of thiazole rings is 1. The number of nitrogens with zero attached hydrogens (tertiary/aromatic N) is 1. The van der Waals surface area contributed by atoms with Gasteiger partial charge in [-0.05, 0) is 19.8 Å². The SMILES string of the molecule is Cc1nc(CNC2CCCCCC2O)cs1. The van der Waals surface area contributed by atoms with Crippen molar-refractivity contribution in [2.24, 2.45) is 0 Å². The summed E-state index contributed by atoms with van der Waals surface area (Å²) in [6.07, 6.45) is 5.49. The first-order valence-electron chi connectivity index (χ1n) is 6.08. The van der Waals surface area contributed by atoms with Crippen LogP contribution in [0.1, 0.15) is 42.8 Å². The Labute approximate surface area is 101 Å². The first-order valence-corrected chi connectivity index (χ1v) is 6.96. The van der Waals surface area contributed by atoms with Crippen LogP contribution in [0.3, 0.4) is 0 Å².